The molecule has 2 aromatic carbocycles. The quantitative estimate of drug-likeness (QED) is 0.618. The Kier molecular flexibility index (Phi) is 5.94. The number of anilines is 1. The molecule has 6 heteroatoms. The molecule has 0 fully saturated rings. The van der Waals surface area contributed by atoms with Crippen molar-refractivity contribution >= 4 is 28.9 Å². The molecule has 130 valence electrons. The second-order valence-electron chi connectivity index (χ2n) is 5.85. The highest BCUT2D eigenvalue weighted by atomic mass is 35.5. The summed E-state index contributed by atoms with van der Waals surface area (Å²) in [6, 6.07) is 4.33. The summed E-state index contributed by atoms with van der Waals surface area (Å²) in [6.07, 6.45) is 0.0345. The van der Waals surface area contributed by atoms with Gasteiger partial charge in [-0.05, 0) is 36.1 Å². The van der Waals surface area contributed by atoms with Crippen LogP contribution in [0.5, 0.6) is 5.75 Å². The molecule has 0 radical (unpaired) electrons. The molecule has 0 spiro atoms. The van der Waals surface area contributed by atoms with Crippen molar-refractivity contribution in [1.29, 1.82) is 0 Å². The fourth-order valence-corrected chi connectivity index (χ4v) is 3.21. The van der Waals surface area contributed by atoms with Crippen LogP contribution in [0.3, 0.4) is 0 Å². The Hall–Kier alpha value is -1.52. The van der Waals surface area contributed by atoms with E-state index in [4.69, 9.17) is 23.2 Å². The first-order valence-electron chi connectivity index (χ1n) is 7.68. The molecule has 0 aliphatic heterocycles. The van der Waals surface area contributed by atoms with Crippen LogP contribution in [0.4, 0.5) is 14.5 Å². The predicted octanol–water partition coefficient (Wildman–Crippen LogP) is 6.12. The van der Waals surface area contributed by atoms with Crippen LogP contribution >= 0.6 is 23.2 Å². The van der Waals surface area contributed by atoms with Crippen LogP contribution in [0, 0.1) is 11.6 Å². The fraction of sp³-hybridized carbons (Fsp3) is 0.333. The Labute approximate surface area is 150 Å². The number of halogens is 4. The lowest BCUT2D eigenvalue weighted by Gasteiger charge is -2.16. The van der Waals surface area contributed by atoms with Gasteiger partial charge in [0, 0.05) is 23.6 Å². The SMILES string of the molecule is CCNc1cc(Cl)c(Cc2ccc(O)c(C(C)C)c2F)c(Cl)c1F. The third-order valence-corrected chi connectivity index (χ3v) is 4.53. The lowest BCUT2D eigenvalue weighted by atomic mass is 9.95. The van der Waals surface area contributed by atoms with Crippen molar-refractivity contribution in [3.8, 4) is 5.75 Å². The maximum Gasteiger partial charge on any atom is 0.165 e. The first-order chi connectivity index (χ1) is 11.3. The number of nitrogens with one attached hydrogen (secondary N) is 1. The van der Waals surface area contributed by atoms with Crippen LogP contribution in [-0.4, -0.2) is 11.7 Å². The minimum atomic E-state index is -0.610. The van der Waals surface area contributed by atoms with E-state index in [0.717, 1.165) is 0 Å². The van der Waals surface area contributed by atoms with Gasteiger partial charge in [0.25, 0.3) is 0 Å². The smallest absolute Gasteiger partial charge is 0.165 e. The van der Waals surface area contributed by atoms with E-state index in [-0.39, 0.29) is 39.4 Å². The Morgan fingerprint density at radius 3 is 2.42 bits per heavy atom. The van der Waals surface area contributed by atoms with Gasteiger partial charge >= 0.3 is 0 Å². The average Bonchev–Trinajstić information content (AvgIpc) is 2.51. The van der Waals surface area contributed by atoms with Crippen molar-refractivity contribution in [1.82, 2.24) is 0 Å². The summed E-state index contributed by atoms with van der Waals surface area (Å²) in [4.78, 5) is 0. The van der Waals surface area contributed by atoms with E-state index in [1.807, 2.05) is 6.92 Å². The number of hydrogen-bond acceptors (Lipinski definition) is 2. The zero-order valence-corrected chi connectivity index (χ0v) is 15.2. The van der Waals surface area contributed by atoms with Crippen molar-refractivity contribution in [2.45, 2.75) is 33.1 Å². The van der Waals surface area contributed by atoms with Crippen LogP contribution in [0.2, 0.25) is 10.0 Å². The average molecular weight is 374 g/mol. The van der Waals surface area contributed by atoms with Gasteiger partial charge in [0.2, 0.25) is 0 Å². The first kappa shape index (κ1) is 18.8. The van der Waals surface area contributed by atoms with Crippen molar-refractivity contribution in [3.63, 3.8) is 0 Å². The van der Waals surface area contributed by atoms with Crippen LogP contribution in [0.1, 0.15) is 43.4 Å². The van der Waals surface area contributed by atoms with E-state index in [2.05, 4.69) is 5.32 Å². The standard InChI is InChI=1S/C18H19Cl2F2NO/c1-4-23-13-8-12(19)11(16(20)18(13)22)7-10-5-6-14(24)15(9(2)3)17(10)21/h5-6,8-9,23-24H,4,7H2,1-3H3. The number of aromatic hydroxyl groups is 1. The molecule has 0 heterocycles. The van der Waals surface area contributed by atoms with E-state index in [1.54, 1.807) is 13.8 Å². The Bertz CT molecular complexity index is 763. The van der Waals surface area contributed by atoms with Crippen molar-refractivity contribution in [3.05, 3.63) is 56.6 Å². The topological polar surface area (TPSA) is 32.3 Å². The molecule has 0 saturated carbocycles. The highest BCUT2D eigenvalue weighted by molar-refractivity contribution is 6.36. The van der Waals surface area contributed by atoms with E-state index in [9.17, 15) is 13.9 Å². The number of phenolic OH excluding ortho intramolecular Hbond substituents is 1. The molecule has 0 saturated heterocycles. The van der Waals surface area contributed by atoms with Gasteiger partial charge in [-0.1, -0.05) is 43.1 Å². The molecule has 0 aromatic heterocycles. The summed E-state index contributed by atoms with van der Waals surface area (Å²) in [5.41, 5.74) is 1.06. The summed E-state index contributed by atoms with van der Waals surface area (Å²) < 4.78 is 29.0. The molecule has 0 atom stereocenters. The minimum Gasteiger partial charge on any atom is -0.508 e. The summed E-state index contributed by atoms with van der Waals surface area (Å²) in [6.45, 7) is 5.92. The molecule has 24 heavy (non-hydrogen) atoms. The number of phenols is 1. The maximum atomic E-state index is 14.7. The second kappa shape index (κ2) is 7.58. The van der Waals surface area contributed by atoms with Gasteiger partial charge in [-0.15, -0.1) is 0 Å². The van der Waals surface area contributed by atoms with E-state index < -0.39 is 11.6 Å². The molecule has 0 aliphatic carbocycles. The fourth-order valence-electron chi connectivity index (χ4n) is 2.62. The largest absolute Gasteiger partial charge is 0.508 e. The molecule has 2 aromatic rings. The molecular weight excluding hydrogens is 355 g/mol. The summed E-state index contributed by atoms with van der Waals surface area (Å²) in [7, 11) is 0. The van der Waals surface area contributed by atoms with Crippen LogP contribution in [0.25, 0.3) is 0 Å². The van der Waals surface area contributed by atoms with Crippen molar-refractivity contribution in [2.24, 2.45) is 0 Å². The third-order valence-electron chi connectivity index (χ3n) is 3.80. The van der Waals surface area contributed by atoms with Crippen molar-refractivity contribution in [2.75, 3.05) is 11.9 Å². The van der Waals surface area contributed by atoms with Gasteiger partial charge < -0.3 is 10.4 Å². The van der Waals surface area contributed by atoms with Crippen molar-refractivity contribution < 1.29 is 13.9 Å². The minimum absolute atomic E-state index is 0.0345. The van der Waals surface area contributed by atoms with Crippen LogP contribution < -0.4 is 5.32 Å². The van der Waals surface area contributed by atoms with Gasteiger partial charge in [-0.25, -0.2) is 8.78 Å². The molecule has 0 unspecified atom stereocenters. The van der Waals surface area contributed by atoms with E-state index >= 15 is 0 Å². The molecule has 0 amide bonds. The van der Waals surface area contributed by atoms with Crippen LogP contribution in [-0.2, 0) is 6.42 Å². The van der Waals surface area contributed by atoms with Gasteiger partial charge in [0.1, 0.15) is 11.6 Å². The normalized spacial score (nSPS) is 11.2. The van der Waals surface area contributed by atoms with Gasteiger partial charge in [0.05, 0.1) is 10.7 Å². The summed E-state index contributed by atoms with van der Waals surface area (Å²) in [5, 5.41) is 12.8. The first-order valence-corrected chi connectivity index (χ1v) is 8.43. The maximum absolute atomic E-state index is 14.7. The van der Waals surface area contributed by atoms with E-state index in [1.165, 1.54) is 18.2 Å². The monoisotopic (exact) mass is 373 g/mol. The zero-order chi connectivity index (χ0) is 18.0. The highest BCUT2D eigenvalue weighted by Crippen LogP contribution is 2.36. The Morgan fingerprint density at radius 2 is 1.83 bits per heavy atom. The Morgan fingerprint density at radius 1 is 1.17 bits per heavy atom. The molecule has 2 rings (SSSR count). The highest BCUT2D eigenvalue weighted by Gasteiger charge is 2.20. The molecule has 0 aliphatic rings. The zero-order valence-electron chi connectivity index (χ0n) is 13.7. The van der Waals surface area contributed by atoms with Gasteiger partial charge in [-0.2, -0.15) is 0 Å². The number of benzene rings is 2. The lowest BCUT2D eigenvalue weighted by molar-refractivity contribution is 0.452. The number of rotatable bonds is 5. The Balaban J connectivity index is 2.50. The lowest BCUT2D eigenvalue weighted by Crippen LogP contribution is -2.04. The van der Waals surface area contributed by atoms with Crippen LogP contribution in [0.15, 0.2) is 18.2 Å². The number of hydrogen-bond donors (Lipinski definition) is 2. The summed E-state index contributed by atoms with van der Waals surface area (Å²) in [5.74, 6) is -1.42. The predicted molar refractivity (Wildman–Crippen MR) is 95.5 cm³/mol. The summed E-state index contributed by atoms with van der Waals surface area (Å²) >= 11 is 12.3. The van der Waals surface area contributed by atoms with Gasteiger partial charge in [-0.3, -0.25) is 0 Å². The molecule has 2 N–H and O–H groups in total. The molecule has 2 nitrogen and oxygen atoms in total. The van der Waals surface area contributed by atoms with Gasteiger partial charge in [0.15, 0.2) is 5.82 Å². The second-order valence-corrected chi connectivity index (χ2v) is 6.63. The third kappa shape index (κ3) is 3.60. The molecule has 0 bridgehead atoms. The van der Waals surface area contributed by atoms with E-state index in [0.29, 0.717) is 17.7 Å². The molecular formula is C18H19Cl2F2NO.